The third kappa shape index (κ3) is 2.48. The van der Waals surface area contributed by atoms with Crippen molar-refractivity contribution >= 4 is 37.9 Å². The van der Waals surface area contributed by atoms with Crippen molar-refractivity contribution in [1.82, 2.24) is 9.38 Å². The lowest BCUT2D eigenvalue weighted by Crippen LogP contribution is -2.02. The first kappa shape index (κ1) is 12.6. The van der Waals surface area contributed by atoms with Gasteiger partial charge in [-0.25, -0.2) is 13.8 Å². The fraction of sp³-hybridized carbons (Fsp3) is 0.0833. The maximum Gasteiger partial charge on any atom is 0.193 e. The van der Waals surface area contributed by atoms with E-state index < -0.39 is 11.6 Å². The molecule has 0 aliphatic carbocycles. The minimum absolute atomic E-state index is 0.224. The molecule has 3 nitrogen and oxygen atoms in total. The number of benzene rings is 1. The van der Waals surface area contributed by atoms with Crippen molar-refractivity contribution in [2.45, 2.75) is 6.54 Å². The summed E-state index contributed by atoms with van der Waals surface area (Å²) in [4.78, 5) is 5.25. The highest BCUT2D eigenvalue weighted by molar-refractivity contribution is 9.10. The molecule has 1 N–H and O–H groups in total. The molecule has 0 saturated heterocycles. The van der Waals surface area contributed by atoms with Gasteiger partial charge in [0.1, 0.15) is 11.6 Å². The van der Waals surface area contributed by atoms with Crippen molar-refractivity contribution in [3.8, 4) is 0 Å². The summed E-state index contributed by atoms with van der Waals surface area (Å²) in [6.07, 6.45) is 3.78. The highest BCUT2D eigenvalue weighted by Crippen LogP contribution is 2.24. The number of anilines is 1. The third-order valence-corrected chi connectivity index (χ3v) is 3.99. The van der Waals surface area contributed by atoms with Gasteiger partial charge in [0.25, 0.3) is 0 Å². The van der Waals surface area contributed by atoms with Crippen LogP contribution >= 0.6 is 27.3 Å². The van der Waals surface area contributed by atoms with E-state index in [0.717, 1.165) is 16.7 Å². The highest BCUT2D eigenvalue weighted by atomic mass is 79.9. The molecule has 0 radical (unpaired) electrons. The van der Waals surface area contributed by atoms with Crippen molar-refractivity contribution in [3.05, 3.63) is 51.7 Å². The number of thiazole rings is 1. The van der Waals surface area contributed by atoms with Crippen LogP contribution in [0.4, 0.5) is 14.5 Å². The van der Waals surface area contributed by atoms with Crippen molar-refractivity contribution in [3.63, 3.8) is 0 Å². The Labute approximate surface area is 120 Å². The van der Waals surface area contributed by atoms with Crippen LogP contribution in [-0.4, -0.2) is 9.38 Å². The van der Waals surface area contributed by atoms with Crippen LogP contribution in [0.5, 0.6) is 0 Å². The summed E-state index contributed by atoms with van der Waals surface area (Å²) in [6, 6.07) is 2.22. The first-order chi connectivity index (χ1) is 9.13. The topological polar surface area (TPSA) is 29.3 Å². The van der Waals surface area contributed by atoms with Crippen LogP contribution in [0.15, 0.2) is 34.4 Å². The van der Waals surface area contributed by atoms with Gasteiger partial charge in [-0.1, -0.05) is 0 Å². The predicted octanol–water partition coefficient (Wildman–Crippen LogP) is 4.05. The fourth-order valence-corrected chi connectivity index (χ4v) is 2.77. The number of fused-ring (bicyclic) bond motifs is 1. The Balaban J connectivity index is 1.79. The van der Waals surface area contributed by atoms with E-state index in [0.29, 0.717) is 6.54 Å². The summed E-state index contributed by atoms with van der Waals surface area (Å²) < 4.78 is 28.7. The minimum atomic E-state index is -0.623. The summed E-state index contributed by atoms with van der Waals surface area (Å²) in [5.74, 6) is -1.24. The Bertz CT molecular complexity index is 709. The monoisotopic (exact) mass is 343 g/mol. The van der Waals surface area contributed by atoms with Crippen LogP contribution < -0.4 is 5.32 Å². The number of halogens is 3. The molecular weight excluding hydrogens is 336 g/mol. The molecule has 0 aliphatic rings. The summed E-state index contributed by atoms with van der Waals surface area (Å²) >= 11 is 4.56. The molecule has 7 heteroatoms. The zero-order valence-electron chi connectivity index (χ0n) is 9.53. The number of aromatic nitrogens is 2. The van der Waals surface area contributed by atoms with Crippen molar-refractivity contribution in [2.75, 3.05) is 5.32 Å². The normalized spacial score (nSPS) is 11.1. The number of hydrogen-bond acceptors (Lipinski definition) is 3. The van der Waals surface area contributed by atoms with Gasteiger partial charge in [-0.05, 0) is 22.0 Å². The third-order valence-electron chi connectivity index (χ3n) is 2.61. The van der Waals surface area contributed by atoms with E-state index in [9.17, 15) is 8.78 Å². The maximum atomic E-state index is 13.5. The van der Waals surface area contributed by atoms with E-state index in [1.54, 1.807) is 0 Å². The molecule has 19 heavy (non-hydrogen) atoms. The first-order valence-corrected chi connectivity index (χ1v) is 7.10. The van der Waals surface area contributed by atoms with Gasteiger partial charge in [0, 0.05) is 23.8 Å². The van der Waals surface area contributed by atoms with Crippen LogP contribution in [0, 0.1) is 11.6 Å². The second-order valence-corrected chi connectivity index (χ2v) is 5.65. The predicted molar refractivity (Wildman–Crippen MR) is 74.5 cm³/mol. The van der Waals surface area contributed by atoms with E-state index in [-0.39, 0.29) is 10.2 Å². The van der Waals surface area contributed by atoms with Gasteiger partial charge >= 0.3 is 0 Å². The molecule has 0 spiro atoms. The molecule has 0 bridgehead atoms. The quantitative estimate of drug-likeness (QED) is 0.727. The number of rotatable bonds is 3. The molecule has 3 aromatic rings. The average Bonchev–Trinajstić information content (AvgIpc) is 2.92. The Morgan fingerprint density at radius 3 is 2.95 bits per heavy atom. The number of hydrogen-bond donors (Lipinski definition) is 1. The molecule has 1 aromatic carbocycles. The Morgan fingerprint density at radius 1 is 1.32 bits per heavy atom. The lowest BCUT2D eigenvalue weighted by atomic mass is 10.3. The molecule has 0 saturated carbocycles. The van der Waals surface area contributed by atoms with Crippen LogP contribution in [0.25, 0.3) is 4.96 Å². The molecule has 0 unspecified atom stereocenters. The van der Waals surface area contributed by atoms with E-state index >= 15 is 0 Å². The smallest absolute Gasteiger partial charge is 0.193 e. The van der Waals surface area contributed by atoms with Gasteiger partial charge in [-0.3, -0.25) is 4.40 Å². The fourth-order valence-electron chi connectivity index (χ4n) is 1.71. The van der Waals surface area contributed by atoms with Gasteiger partial charge < -0.3 is 5.32 Å². The second kappa shape index (κ2) is 4.90. The lowest BCUT2D eigenvalue weighted by Gasteiger charge is -2.07. The van der Waals surface area contributed by atoms with Crippen molar-refractivity contribution in [2.24, 2.45) is 0 Å². The Hall–Kier alpha value is -1.47. The van der Waals surface area contributed by atoms with Gasteiger partial charge in [0.2, 0.25) is 0 Å². The molecule has 0 aliphatic heterocycles. The summed E-state index contributed by atoms with van der Waals surface area (Å²) in [5, 5.41) is 4.85. The summed E-state index contributed by atoms with van der Waals surface area (Å²) in [5.41, 5.74) is 1.04. The van der Waals surface area contributed by atoms with Gasteiger partial charge in [-0.15, -0.1) is 11.3 Å². The molecule has 0 atom stereocenters. The Morgan fingerprint density at radius 2 is 2.16 bits per heavy atom. The van der Waals surface area contributed by atoms with Gasteiger partial charge in [0.15, 0.2) is 4.96 Å². The molecular formula is C12H8BrF2N3S. The molecule has 0 fully saturated rings. The van der Waals surface area contributed by atoms with Crippen LogP contribution in [-0.2, 0) is 6.54 Å². The zero-order chi connectivity index (χ0) is 13.4. The van der Waals surface area contributed by atoms with Crippen molar-refractivity contribution in [1.29, 1.82) is 0 Å². The first-order valence-electron chi connectivity index (χ1n) is 5.43. The largest absolute Gasteiger partial charge is 0.377 e. The van der Waals surface area contributed by atoms with E-state index in [1.165, 1.54) is 17.4 Å². The van der Waals surface area contributed by atoms with Gasteiger partial charge in [0.05, 0.1) is 22.4 Å². The summed E-state index contributed by atoms with van der Waals surface area (Å²) in [6.45, 7) is 0.378. The number of nitrogens with one attached hydrogen (secondary N) is 1. The number of nitrogens with zero attached hydrogens (tertiary/aromatic N) is 2. The van der Waals surface area contributed by atoms with Crippen LogP contribution in [0.3, 0.4) is 0 Å². The van der Waals surface area contributed by atoms with Crippen molar-refractivity contribution < 1.29 is 8.78 Å². The second-order valence-electron chi connectivity index (χ2n) is 3.92. The summed E-state index contributed by atoms with van der Waals surface area (Å²) in [7, 11) is 0. The maximum absolute atomic E-state index is 13.5. The molecule has 2 aromatic heterocycles. The van der Waals surface area contributed by atoms with Crippen LogP contribution in [0.1, 0.15) is 5.69 Å². The average molecular weight is 344 g/mol. The molecule has 2 heterocycles. The molecule has 3 rings (SSSR count). The van der Waals surface area contributed by atoms with Gasteiger partial charge in [-0.2, -0.15) is 0 Å². The van der Waals surface area contributed by atoms with E-state index in [4.69, 9.17) is 0 Å². The highest BCUT2D eigenvalue weighted by Gasteiger charge is 2.09. The lowest BCUT2D eigenvalue weighted by molar-refractivity contribution is 0.580. The minimum Gasteiger partial charge on any atom is -0.377 e. The molecule has 98 valence electrons. The standard InChI is InChI=1S/C12H8BrF2N3S/c13-8-3-11(10(15)4-9(8)14)16-5-7-6-18-1-2-19-12(18)17-7/h1-4,6,16H,5H2. The Kier molecular flexibility index (Phi) is 3.24. The SMILES string of the molecule is Fc1cc(F)c(NCc2cn3ccsc3n2)cc1Br. The zero-order valence-corrected chi connectivity index (χ0v) is 11.9. The number of imidazole rings is 1. The molecule has 0 amide bonds. The van der Waals surface area contributed by atoms with E-state index in [1.807, 2.05) is 22.2 Å². The van der Waals surface area contributed by atoms with E-state index in [2.05, 4.69) is 26.2 Å². The van der Waals surface area contributed by atoms with Crippen LogP contribution in [0.2, 0.25) is 0 Å².